The molecular formula is C12H11F2N3O. The van der Waals surface area contributed by atoms with Crippen LogP contribution in [0.5, 0.6) is 0 Å². The topological polar surface area (TPSA) is 46.9 Å². The van der Waals surface area contributed by atoms with Crippen molar-refractivity contribution >= 4 is 11.6 Å². The fourth-order valence-electron chi connectivity index (χ4n) is 1.45. The van der Waals surface area contributed by atoms with Crippen molar-refractivity contribution in [1.29, 1.82) is 0 Å². The van der Waals surface area contributed by atoms with E-state index in [1.54, 1.807) is 20.0 Å². The van der Waals surface area contributed by atoms with E-state index in [4.69, 9.17) is 0 Å². The molecule has 18 heavy (non-hydrogen) atoms. The van der Waals surface area contributed by atoms with Crippen LogP contribution in [-0.2, 0) is 7.05 Å². The van der Waals surface area contributed by atoms with Crippen LogP contribution in [0.25, 0.3) is 0 Å². The lowest BCUT2D eigenvalue weighted by atomic mass is 10.2. The normalized spacial score (nSPS) is 10.4. The Hall–Kier alpha value is -2.24. The summed E-state index contributed by atoms with van der Waals surface area (Å²) >= 11 is 0. The van der Waals surface area contributed by atoms with E-state index in [0.717, 1.165) is 23.9 Å². The largest absolute Gasteiger partial charge is 0.318 e. The fourth-order valence-corrected chi connectivity index (χ4v) is 1.45. The molecule has 2 aromatic rings. The number of aryl methyl sites for hydroxylation is 2. The van der Waals surface area contributed by atoms with E-state index in [9.17, 15) is 13.6 Å². The molecule has 6 heteroatoms. The predicted octanol–water partition coefficient (Wildman–Crippen LogP) is 2.26. The van der Waals surface area contributed by atoms with Crippen LogP contribution < -0.4 is 5.32 Å². The van der Waals surface area contributed by atoms with Gasteiger partial charge >= 0.3 is 0 Å². The Bertz CT molecular complexity index is 588. The van der Waals surface area contributed by atoms with Crippen LogP contribution in [0.2, 0.25) is 0 Å². The van der Waals surface area contributed by atoms with Crippen molar-refractivity contribution in [3.63, 3.8) is 0 Å². The molecule has 0 fully saturated rings. The van der Waals surface area contributed by atoms with Crippen LogP contribution in [0.4, 0.5) is 14.5 Å². The quantitative estimate of drug-likeness (QED) is 0.889. The van der Waals surface area contributed by atoms with Gasteiger partial charge < -0.3 is 5.32 Å². The highest BCUT2D eigenvalue weighted by molar-refractivity contribution is 6.02. The van der Waals surface area contributed by atoms with Crippen LogP contribution in [-0.4, -0.2) is 15.7 Å². The highest BCUT2D eigenvalue weighted by Crippen LogP contribution is 2.16. The standard InChI is InChI=1S/C12H11F2N3O/c1-7-5-11(16-17(7)2)12(18)15-10-6-8(13)3-4-9(10)14/h3-6H,1-2H3,(H,15,18). The summed E-state index contributed by atoms with van der Waals surface area (Å²) < 4.78 is 27.8. The molecule has 2 rings (SSSR count). The zero-order chi connectivity index (χ0) is 13.3. The number of amides is 1. The lowest BCUT2D eigenvalue weighted by Crippen LogP contribution is -2.14. The van der Waals surface area contributed by atoms with Crippen molar-refractivity contribution in [2.45, 2.75) is 6.92 Å². The van der Waals surface area contributed by atoms with Crippen molar-refractivity contribution in [2.75, 3.05) is 5.32 Å². The lowest BCUT2D eigenvalue weighted by molar-refractivity contribution is 0.102. The Balaban J connectivity index is 2.23. The molecule has 1 amide bonds. The SMILES string of the molecule is Cc1cc(C(=O)Nc2cc(F)ccc2F)nn1C. The van der Waals surface area contributed by atoms with Gasteiger partial charge in [0.05, 0.1) is 5.69 Å². The molecule has 0 aliphatic rings. The summed E-state index contributed by atoms with van der Waals surface area (Å²) in [7, 11) is 1.69. The van der Waals surface area contributed by atoms with Crippen LogP contribution in [0.3, 0.4) is 0 Å². The van der Waals surface area contributed by atoms with Crippen molar-refractivity contribution in [2.24, 2.45) is 7.05 Å². The third kappa shape index (κ3) is 2.37. The highest BCUT2D eigenvalue weighted by atomic mass is 19.1. The minimum absolute atomic E-state index is 0.152. The van der Waals surface area contributed by atoms with Gasteiger partial charge in [0.25, 0.3) is 5.91 Å². The Morgan fingerprint density at radius 3 is 2.67 bits per heavy atom. The Labute approximate surface area is 102 Å². The molecule has 0 bridgehead atoms. The zero-order valence-electron chi connectivity index (χ0n) is 9.87. The molecule has 0 radical (unpaired) electrons. The van der Waals surface area contributed by atoms with Gasteiger partial charge in [-0.1, -0.05) is 0 Å². The summed E-state index contributed by atoms with van der Waals surface area (Å²) in [5, 5.41) is 6.22. The number of carbonyl (C=O) groups is 1. The number of carbonyl (C=O) groups excluding carboxylic acids is 1. The second-order valence-electron chi connectivity index (χ2n) is 3.87. The van der Waals surface area contributed by atoms with E-state index in [1.165, 1.54) is 4.68 Å². The van der Waals surface area contributed by atoms with Gasteiger partial charge in [0.1, 0.15) is 11.6 Å². The minimum atomic E-state index is -0.697. The number of nitrogens with zero attached hydrogens (tertiary/aromatic N) is 2. The van der Waals surface area contributed by atoms with Crippen molar-refractivity contribution < 1.29 is 13.6 Å². The average molecular weight is 251 g/mol. The maximum Gasteiger partial charge on any atom is 0.276 e. The smallest absolute Gasteiger partial charge is 0.276 e. The number of rotatable bonds is 2. The molecule has 0 spiro atoms. The van der Waals surface area contributed by atoms with E-state index >= 15 is 0 Å². The van der Waals surface area contributed by atoms with Crippen LogP contribution in [0.15, 0.2) is 24.3 Å². The molecule has 0 atom stereocenters. The van der Waals surface area contributed by atoms with Gasteiger partial charge in [-0.05, 0) is 25.1 Å². The molecule has 0 saturated carbocycles. The summed E-state index contributed by atoms with van der Waals surface area (Å²) in [6.45, 7) is 1.78. The van der Waals surface area contributed by atoms with Gasteiger partial charge in [0.15, 0.2) is 5.69 Å². The molecule has 1 N–H and O–H groups in total. The maximum absolute atomic E-state index is 13.3. The molecule has 0 aliphatic carbocycles. The van der Waals surface area contributed by atoms with Crippen LogP contribution >= 0.6 is 0 Å². The molecule has 0 saturated heterocycles. The van der Waals surface area contributed by atoms with Crippen molar-refractivity contribution in [3.8, 4) is 0 Å². The number of halogens is 2. The number of hydrogen-bond acceptors (Lipinski definition) is 2. The third-order valence-electron chi connectivity index (χ3n) is 2.52. The van der Waals surface area contributed by atoms with Gasteiger partial charge in [0.2, 0.25) is 0 Å². The number of aromatic nitrogens is 2. The first-order valence-corrected chi connectivity index (χ1v) is 5.24. The minimum Gasteiger partial charge on any atom is -0.318 e. The predicted molar refractivity (Wildman–Crippen MR) is 62.3 cm³/mol. The first-order chi connectivity index (χ1) is 8.47. The second-order valence-corrected chi connectivity index (χ2v) is 3.87. The highest BCUT2D eigenvalue weighted by Gasteiger charge is 2.13. The lowest BCUT2D eigenvalue weighted by Gasteiger charge is -2.04. The van der Waals surface area contributed by atoms with Gasteiger partial charge in [-0.15, -0.1) is 0 Å². The molecule has 94 valence electrons. The molecule has 0 aliphatic heterocycles. The number of benzene rings is 1. The fraction of sp³-hybridized carbons (Fsp3) is 0.167. The van der Waals surface area contributed by atoms with E-state index in [-0.39, 0.29) is 11.4 Å². The van der Waals surface area contributed by atoms with E-state index in [2.05, 4.69) is 10.4 Å². The van der Waals surface area contributed by atoms with E-state index in [1.807, 2.05) is 0 Å². The van der Waals surface area contributed by atoms with Gasteiger partial charge in [-0.2, -0.15) is 5.10 Å². The summed E-state index contributed by atoms with van der Waals surface area (Å²) in [4.78, 5) is 11.8. The third-order valence-corrected chi connectivity index (χ3v) is 2.52. The molecule has 1 aromatic heterocycles. The van der Waals surface area contributed by atoms with E-state index < -0.39 is 17.5 Å². The maximum atomic E-state index is 13.3. The van der Waals surface area contributed by atoms with E-state index in [0.29, 0.717) is 0 Å². The Kier molecular flexibility index (Phi) is 3.10. The van der Waals surface area contributed by atoms with Crippen molar-refractivity contribution in [1.82, 2.24) is 9.78 Å². The first-order valence-electron chi connectivity index (χ1n) is 5.24. The first kappa shape index (κ1) is 12.2. The van der Waals surface area contributed by atoms with Gasteiger partial charge in [0, 0.05) is 18.8 Å². The number of hydrogen-bond donors (Lipinski definition) is 1. The van der Waals surface area contributed by atoms with Gasteiger partial charge in [-0.25, -0.2) is 8.78 Å². The summed E-state index contributed by atoms with van der Waals surface area (Å²) in [6, 6.07) is 4.42. The number of anilines is 1. The molecule has 1 aromatic carbocycles. The summed E-state index contributed by atoms with van der Waals surface area (Å²) in [6.07, 6.45) is 0. The van der Waals surface area contributed by atoms with Crippen LogP contribution in [0, 0.1) is 18.6 Å². The summed E-state index contributed by atoms with van der Waals surface area (Å²) in [5.41, 5.74) is 0.738. The average Bonchev–Trinajstić information content (AvgIpc) is 2.64. The molecule has 1 heterocycles. The van der Waals surface area contributed by atoms with Gasteiger partial charge in [-0.3, -0.25) is 9.48 Å². The second kappa shape index (κ2) is 4.56. The van der Waals surface area contributed by atoms with Crippen molar-refractivity contribution in [3.05, 3.63) is 47.3 Å². The monoisotopic (exact) mass is 251 g/mol. The zero-order valence-corrected chi connectivity index (χ0v) is 9.87. The molecular weight excluding hydrogens is 240 g/mol. The Morgan fingerprint density at radius 1 is 1.33 bits per heavy atom. The Morgan fingerprint density at radius 2 is 2.06 bits per heavy atom. The summed E-state index contributed by atoms with van der Waals surface area (Å²) in [5.74, 6) is -1.90. The molecule has 4 nitrogen and oxygen atoms in total. The van der Waals surface area contributed by atoms with Crippen LogP contribution in [0.1, 0.15) is 16.2 Å². The molecule has 0 unspecified atom stereocenters. The number of nitrogens with one attached hydrogen (secondary N) is 1.